The second kappa shape index (κ2) is 5.28. The van der Waals surface area contributed by atoms with Crippen molar-refractivity contribution in [1.82, 2.24) is 8.94 Å². The summed E-state index contributed by atoms with van der Waals surface area (Å²) < 4.78 is 44.9. The van der Waals surface area contributed by atoms with E-state index in [2.05, 4.69) is 23.2 Å². The highest BCUT2D eigenvalue weighted by molar-refractivity contribution is 8.00. The maximum Gasteiger partial charge on any atom is 0.417 e. The van der Waals surface area contributed by atoms with Crippen molar-refractivity contribution in [3.63, 3.8) is 0 Å². The van der Waals surface area contributed by atoms with Crippen molar-refractivity contribution < 1.29 is 13.2 Å². The molecular formula is C13H11ClF3N3S2. The van der Waals surface area contributed by atoms with Crippen LogP contribution in [0.1, 0.15) is 19.4 Å². The quantitative estimate of drug-likeness (QED) is 0.731. The Morgan fingerprint density at radius 3 is 2.77 bits per heavy atom. The predicted molar refractivity (Wildman–Crippen MR) is 81.7 cm³/mol. The number of hydrogen-bond donors (Lipinski definition) is 0. The average molecular weight is 366 g/mol. The van der Waals surface area contributed by atoms with Crippen LogP contribution in [0.2, 0.25) is 5.02 Å². The highest BCUT2D eigenvalue weighted by atomic mass is 35.5. The van der Waals surface area contributed by atoms with E-state index in [4.69, 9.17) is 11.6 Å². The highest BCUT2D eigenvalue weighted by Gasteiger charge is 2.34. The predicted octanol–water partition coefficient (Wildman–Crippen LogP) is 4.73. The lowest BCUT2D eigenvalue weighted by molar-refractivity contribution is -0.137. The Morgan fingerprint density at radius 1 is 1.36 bits per heavy atom. The van der Waals surface area contributed by atoms with Crippen LogP contribution in [-0.2, 0) is 12.7 Å². The fourth-order valence-electron chi connectivity index (χ4n) is 2.12. The third-order valence-electron chi connectivity index (χ3n) is 3.05. The molecular weight excluding hydrogens is 355 g/mol. The normalized spacial score (nSPS) is 17.8. The van der Waals surface area contributed by atoms with Gasteiger partial charge in [0.05, 0.1) is 16.3 Å². The van der Waals surface area contributed by atoms with Gasteiger partial charge < -0.3 is 0 Å². The summed E-state index contributed by atoms with van der Waals surface area (Å²) in [4.78, 5) is 4.89. The Labute approximate surface area is 138 Å². The molecule has 3 nitrogen and oxygen atoms in total. The lowest BCUT2D eigenvalue weighted by Gasteiger charge is -2.13. The van der Waals surface area contributed by atoms with Crippen LogP contribution in [0.15, 0.2) is 28.3 Å². The molecule has 2 aromatic rings. The van der Waals surface area contributed by atoms with Gasteiger partial charge in [-0.3, -0.25) is 4.57 Å². The number of rotatable bonds is 1. The Hall–Kier alpha value is -0.990. The Balaban J connectivity index is 2.05. The summed E-state index contributed by atoms with van der Waals surface area (Å²) in [7, 11) is 0. The third kappa shape index (κ3) is 3.04. The molecule has 0 unspecified atom stereocenters. The fraction of sp³-hybridized carbons (Fsp3) is 0.385. The molecule has 0 atom stereocenters. The van der Waals surface area contributed by atoms with Gasteiger partial charge in [-0.2, -0.15) is 17.5 Å². The van der Waals surface area contributed by atoms with Crippen LogP contribution in [0.4, 0.5) is 18.9 Å². The highest BCUT2D eigenvalue weighted by Crippen LogP contribution is 2.39. The van der Waals surface area contributed by atoms with Crippen LogP contribution in [0.3, 0.4) is 0 Å². The maximum absolute atomic E-state index is 12.9. The third-order valence-corrected chi connectivity index (χ3v) is 5.41. The number of fused-ring (bicyclic) bond motifs is 1. The van der Waals surface area contributed by atoms with Gasteiger partial charge in [-0.1, -0.05) is 23.4 Å². The number of hydrogen-bond acceptors (Lipinski definition) is 4. The number of benzene rings is 1. The minimum atomic E-state index is -4.50. The van der Waals surface area contributed by atoms with Crippen molar-refractivity contribution in [3.8, 4) is 0 Å². The molecule has 1 aliphatic heterocycles. The van der Waals surface area contributed by atoms with Crippen LogP contribution in [-0.4, -0.2) is 13.7 Å². The minimum Gasteiger partial charge on any atom is -0.293 e. The molecule has 0 fully saturated rings. The number of thioether (sulfide) groups is 1. The van der Waals surface area contributed by atoms with E-state index in [0.29, 0.717) is 4.80 Å². The van der Waals surface area contributed by atoms with Crippen LogP contribution in [0.25, 0.3) is 0 Å². The lowest BCUT2D eigenvalue weighted by atomic mass is 10.2. The van der Waals surface area contributed by atoms with Gasteiger partial charge in [0, 0.05) is 22.8 Å². The van der Waals surface area contributed by atoms with Crippen molar-refractivity contribution >= 4 is 40.6 Å². The largest absolute Gasteiger partial charge is 0.417 e. The van der Waals surface area contributed by atoms with Crippen molar-refractivity contribution in [2.75, 3.05) is 0 Å². The molecule has 0 aliphatic carbocycles. The smallest absolute Gasteiger partial charge is 0.293 e. The molecule has 0 saturated heterocycles. The molecule has 1 aromatic carbocycles. The van der Waals surface area contributed by atoms with E-state index in [9.17, 15) is 13.2 Å². The molecule has 0 saturated carbocycles. The van der Waals surface area contributed by atoms with E-state index in [1.807, 2.05) is 4.57 Å². The fourth-order valence-corrected chi connectivity index (χ4v) is 4.27. The summed E-state index contributed by atoms with van der Waals surface area (Å²) in [6.45, 7) is 4.90. The van der Waals surface area contributed by atoms with Crippen molar-refractivity contribution in [1.29, 1.82) is 0 Å². The number of aromatic nitrogens is 2. The van der Waals surface area contributed by atoms with Gasteiger partial charge in [-0.15, -0.1) is 0 Å². The van der Waals surface area contributed by atoms with Gasteiger partial charge in [0.2, 0.25) is 4.80 Å². The van der Waals surface area contributed by atoms with Gasteiger partial charge >= 0.3 is 6.18 Å². The Kier molecular flexibility index (Phi) is 3.81. The van der Waals surface area contributed by atoms with Gasteiger partial charge in [0.1, 0.15) is 0 Å². The number of halogens is 4. The van der Waals surface area contributed by atoms with E-state index < -0.39 is 11.7 Å². The minimum absolute atomic E-state index is 0.0116. The molecule has 0 radical (unpaired) electrons. The summed E-state index contributed by atoms with van der Waals surface area (Å²) in [6.07, 6.45) is -4.50. The van der Waals surface area contributed by atoms with Gasteiger partial charge in [0.15, 0.2) is 5.16 Å². The summed E-state index contributed by atoms with van der Waals surface area (Å²) in [5, 5.41) is 0.518. The zero-order valence-corrected chi connectivity index (χ0v) is 14.0. The summed E-state index contributed by atoms with van der Waals surface area (Å²) in [5.74, 6) is 0. The standard InChI is InChI=1S/C13H11ClF3N3S2/c1-12(2)6-20-10(22-19-11(20)21-12)18-7-3-4-9(14)8(5-7)13(15,16)17/h3-5H,6H2,1-2H3. The van der Waals surface area contributed by atoms with Crippen molar-refractivity contribution in [2.45, 2.75) is 36.5 Å². The van der Waals surface area contributed by atoms with Crippen molar-refractivity contribution in [3.05, 3.63) is 33.6 Å². The molecule has 2 heterocycles. The summed E-state index contributed by atoms with van der Waals surface area (Å²) in [6, 6.07) is 3.65. The van der Waals surface area contributed by atoms with E-state index in [1.165, 1.54) is 23.7 Å². The molecule has 22 heavy (non-hydrogen) atoms. The SMILES string of the molecule is CC1(C)Cn2c(nsc2=Nc2ccc(Cl)c(C(F)(F)F)c2)S1. The van der Waals surface area contributed by atoms with E-state index in [1.54, 1.807) is 11.8 Å². The van der Waals surface area contributed by atoms with E-state index in [0.717, 1.165) is 17.8 Å². The van der Waals surface area contributed by atoms with E-state index >= 15 is 0 Å². The molecule has 3 rings (SSSR count). The first kappa shape index (κ1) is 15.9. The first-order valence-electron chi connectivity index (χ1n) is 6.33. The molecule has 118 valence electrons. The molecule has 0 amide bonds. The molecule has 0 N–H and O–H groups in total. The summed E-state index contributed by atoms with van der Waals surface area (Å²) >= 11 is 8.43. The lowest BCUT2D eigenvalue weighted by Crippen LogP contribution is -2.21. The first-order chi connectivity index (χ1) is 10.2. The molecule has 9 heteroatoms. The monoisotopic (exact) mass is 365 g/mol. The Morgan fingerprint density at radius 2 is 2.09 bits per heavy atom. The molecule has 1 aliphatic rings. The molecule has 0 bridgehead atoms. The topological polar surface area (TPSA) is 30.2 Å². The second-order valence-electron chi connectivity index (χ2n) is 5.47. The molecule has 0 spiro atoms. The van der Waals surface area contributed by atoms with Crippen LogP contribution in [0.5, 0.6) is 0 Å². The van der Waals surface area contributed by atoms with E-state index in [-0.39, 0.29) is 15.5 Å². The van der Waals surface area contributed by atoms with Gasteiger partial charge in [-0.05, 0) is 32.0 Å². The van der Waals surface area contributed by atoms with Crippen molar-refractivity contribution in [2.24, 2.45) is 4.99 Å². The average Bonchev–Trinajstić information content (AvgIpc) is 2.87. The van der Waals surface area contributed by atoms with Gasteiger partial charge in [-0.25, -0.2) is 4.99 Å². The summed E-state index contributed by atoms with van der Waals surface area (Å²) in [5.41, 5.74) is -0.665. The van der Waals surface area contributed by atoms with Crippen LogP contribution < -0.4 is 4.80 Å². The van der Waals surface area contributed by atoms with Gasteiger partial charge in [0.25, 0.3) is 0 Å². The number of nitrogens with zero attached hydrogens (tertiary/aromatic N) is 3. The number of alkyl halides is 3. The van der Waals surface area contributed by atoms with Crippen LogP contribution in [0, 0.1) is 0 Å². The zero-order chi connectivity index (χ0) is 16.1. The maximum atomic E-state index is 12.9. The Bertz CT molecular complexity index is 793. The van der Waals surface area contributed by atoms with Crippen LogP contribution >= 0.6 is 34.9 Å². The second-order valence-corrected chi connectivity index (χ2v) is 8.28. The first-order valence-corrected chi connectivity index (χ1v) is 8.29. The molecule has 1 aromatic heterocycles. The zero-order valence-electron chi connectivity index (χ0n) is 11.6.